The Morgan fingerprint density at radius 2 is 1.67 bits per heavy atom. The van der Waals surface area contributed by atoms with Crippen LogP contribution in [0.4, 0.5) is 0 Å². The zero-order chi connectivity index (χ0) is 13.1. The van der Waals surface area contributed by atoms with Gasteiger partial charge in [-0.25, -0.2) is 0 Å². The van der Waals surface area contributed by atoms with Crippen LogP contribution < -0.4 is 16.0 Å². The highest BCUT2D eigenvalue weighted by Crippen LogP contribution is 2.28. The summed E-state index contributed by atoms with van der Waals surface area (Å²) in [6, 6.07) is 0.773. The van der Waals surface area contributed by atoms with Crippen LogP contribution in [0.15, 0.2) is 0 Å². The summed E-state index contributed by atoms with van der Waals surface area (Å²) in [5, 5.41) is 9.87. The van der Waals surface area contributed by atoms with Gasteiger partial charge in [-0.2, -0.15) is 0 Å². The molecule has 1 saturated heterocycles. The molecular formula is C14H27N3O. The maximum Gasteiger partial charge on any atom is 0.238 e. The van der Waals surface area contributed by atoms with Crippen molar-refractivity contribution in [2.45, 2.75) is 58.2 Å². The number of hydrogen-bond donors (Lipinski definition) is 3. The fraction of sp³-hybridized carbons (Fsp3) is 0.929. The lowest BCUT2D eigenvalue weighted by Crippen LogP contribution is -2.60. The van der Waals surface area contributed by atoms with Gasteiger partial charge in [-0.3, -0.25) is 4.79 Å². The molecular weight excluding hydrogens is 226 g/mol. The SMILES string of the molecule is CC1CC(C)CC(NC(=O)C2CNC(C)CN2)C1. The van der Waals surface area contributed by atoms with Crippen LogP contribution in [0, 0.1) is 11.8 Å². The van der Waals surface area contributed by atoms with E-state index in [0.717, 1.165) is 37.8 Å². The van der Waals surface area contributed by atoms with Crippen molar-refractivity contribution in [2.75, 3.05) is 13.1 Å². The molecule has 4 atom stereocenters. The zero-order valence-electron chi connectivity index (χ0n) is 11.8. The predicted octanol–water partition coefficient (Wildman–Crippen LogP) is 0.877. The molecule has 1 amide bonds. The van der Waals surface area contributed by atoms with Crippen LogP contribution in [0.3, 0.4) is 0 Å². The monoisotopic (exact) mass is 253 g/mol. The van der Waals surface area contributed by atoms with E-state index in [-0.39, 0.29) is 11.9 Å². The maximum absolute atomic E-state index is 12.2. The molecule has 3 N–H and O–H groups in total. The predicted molar refractivity (Wildman–Crippen MR) is 73.4 cm³/mol. The second-order valence-corrected chi connectivity index (χ2v) is 6.39. The van der Waals surface area contributed by atoms with Crippen LogP contribution in [0.25, 0.3) is 0 Å². The molecule has 1 saturated carbocycles. The van der Waals surface area contributed by atoms with Crippen molar-refractivity contribution in [3.05, 3.63) is 0 Å². The molecule has 0 aromatic rings. The lowest BCUT2D eigenvalue weighted by molar-refractivity contribution is -0.124. The summed E-state index contributed by atoms with van der Waals surface area (Å²) < 4.78 is 0. The first-order chi connectivity index (χ1) is 8.54. The Kier molecular flexibility index (Phi) is 4.62. The molecule has 4 nitrogen and oxygen atoms in total. The summed E-state index contributed by atoms with van der Waals surface area (Å²) in [4.78, 5) is 12.2. The number of hydrogen-bond acceptors (Lipinski definition) is 3. The fourth-order valence-corrected chi connectivity index (χ4v) is 3.33. The molecule has 0 aromatic heterocycles. The highest BCUT2D eigenvalue weighted by molar-refractivity contribution is 5.82. The molecule has 2 aliphatic rings. The Balaban J connectivity index is 1.80. The molecule has 2 rings (SSSR count). The first-order valence-electron chi connectivity index (χ1n) is 7.31. The Labute approximate surface area is 110 Å². The quantitative estimate of drug-likeness (QED) is 0.685. The Bertz CT molecular complexity index is 277. The Morgan fingerprint density at radius 1 is 1.00 bits per heavy atom. The van der Waals surface area contributed by atoms with Gasteiger partial charge in [0.05, 0.1) is 6.04 Å². The largest absolute Gasteiger partial charge is 0.352 e. The van der Waals surface area contributed by atoms with Crippen molar-refractivity contribution in [1.29, 1.82) is 0 Å². The minimum atomic E-state index is -0.0614. The van der Waals surface area contributed by atoms with Crippen LogP contribution in [0.2, 0.25) is 0 Å². The number of nitrogens with one attached hydrogen (secondary N) is 3. The molecule has 4 heteroatoms. The maximum atomic E-state index is 12.2. The first kappa shape index (κ1) is 13.8. The third kappa shape index (κ3) is 3.69. The van der Waals surface area contributed by atoms with E-state index in [1.54, 1.807) is 0 Å². The fourth-order valence-electron chi connectivity index (χ4n) is 3.33. The van der Waals surface area contributed by atoms with E-state index in [9.17, 15) is 4.79 Å². The molecule has 2 fully saturated rings. The van der Waals surface area contributed by atoms with E-state index >= 15 is 0 Å². The van der Waals surface area contributed by atoms with E-state index in [4.69, 9.17) is 0 Å². The highest BCUT2D eigenvalue weighted by atomic mass is 16.2. The average molecular weight is 253 g/mol. The van der Waals surface area contributed by atoms with Crippen molar-refractivity contribution in [2.24, 2.45) is 11.8 Å². The van der Waals surface area contributed by atoms with Gasteiger partial charge in [0.25, 0.3) is 0 Å². The third-order valence-electron chi connectivity index (χ3n) is 4.18. The Hall–Kier alpha value is -0.610. The molecule has 0 aromatic carbocycles. The van der Waals surface area contributed by atoms with Gasteiger partial charge in [-0.05, 0) is 38.0 Å². The number of piperazine rings is 1. The number of carbonyl (C=O) groups excluding carboxylic acids is 1. The van der Waals surface area contributed by atoms with E-state index in [1.807, 2.05) is 0 Å². The Morgan fingerprint density at radius 3 is 2.22 bits per heavy atom. The number of carbonyl (C=O) groups is 1. The van der Waals surface area contributed by atoms with Crippen LogP contribution in [-0.2, 0) is 4.79 Å². The van der Waals surface area contributed by atoms with Gasteiger partial charge in [0.15, 0.2) is 0 Å². The van der Waals surface area contributed by atoms with Crippen LogP contribution in [0.5, 0.6) is 0 Å². The molecule has 4 unspecified atom stereocenters. The van der Waals surface area contributed by atoms with Crippen molar-refractivity contribution in [3.8, 4) is 0 Å². The van der Waals surface area contributed by atoms with E-state index in [1.165, 1.54) is 6.42 Å². The van der Waals surface area contributed by atoms with Crippen LogP contribution in [0.1, 0.15) is 40.0 Å². The van der Waals surface area contributed by atoms with Crippen molar-refractivity contribution < 1.29 is 4.79 Å². The number of amides is 1. The molecule has 0 radical (unpaired) electrons. The van der Waals surface area contributed by atoms with E-state index < -0.39 is 0 Å². The molecule has 1 aliphatic carbocycles. The second kappa shape index (κ2) is 6.02. The summed E-state index contributed by atoms with van der Waals surface area (Å²) >= 11 is 0. The number of rotatable bonds is 2. The van der Waals surface area contributed by atoms with Gasteiger partial charge >= 0.3 is 0 Å². The molecule has 1 aliphatic heterocycles. The van der Waals surface area contributed by atoms with Crippen molar-refractivity contribution in [1.82, 2.24) is 16.0 Å². The summed E-state index contributed by atoms with van der Waals surface area (Å²) in [6.45, 7) is 8.32. The molecule has 104 valence electrons. The van der Waals surface area contributed by atoms with Crippen LogP contribution >= 0.6 is 0 Å². The normalized spacial score (nSPS) is 41.4. The average Bonchev–Trinajstić information content (AvgIpc) is 2.28. The standard InChI is InChI=1S/C14H27N3O/c1-9-4-10(2)6-12(5-9)17-14(18)13-8-15-11(3)7-16-13/h9-13,15-16H,4-8H2,1-3H3,(H,17,18). The second-order valence-electron chi connectivity index (χ2n) is 6.39. The van der Waals surface area contributed by atoms with Crippen molar-refractivity contribution >= 4 is 5.91 Å². The summed E-state index contributed by atoms with van der Waals surface area (Å²) in [6.07, 6.45) is 3.56. The van der Waals surface area contributed by atoms with Gasteiger partial charge in [0.1, 0.15) is 0 Å². The van der Waals surface area contributed by atoms with Gasteiger partial charge < -0.3 is 16.0 Å². The minimum absolute atomic E-state index is 0.0614. The van der Waals surface area contributed by atoms with Gasteiger partial charge in [0, 0.05) is 25.2 Å². The molecule has 0 spiro atoms. The third-order valence-corrected chi connectivity index (χ3v) is 4.18. The molecule has 0 bridgehead atoms. The first-order valence-corrected chi connectivity index (χ1v) is 7.31. The van der Waals surface area contributed by atoms with Gasteiger partial charge in [0.2, 0.25) is 5.91 Å². The summed E-state index contributed by atoms with van der Waals surface area (Å²) in [5.41, 5.74) is 0. The molecule has 1 heterocycles. The smallest absolute Gasteiger partial charge is 0.238 e. The summed E-state index contributed by atoms with van der Waals surface area (Å²) in [5.74, 6) is 1.63. The highest BCUT2D eigenvalue weighted by Gasteiger charge is 2.28. The molecule has 18 heavy (non-hydrogen) atoms. The lowest BCUT2D eigenvalue weighted by Gasteiger charge is -2.34. The topological polar surface area (TPSA) is 53.2 Å². The summed E-state index contributed by atoms with van der Waals surface area (Å²) in [7, 11) is 0. The van der Waals surface area contributed by atoms with Gasteiger partial charge in [-0.15, -0.1) is 0 Å². The van der Waals surface area contributed by atoms with E-state index in [2.05, 4.69) is 36.7 Å². The lowest BCUT2D eigenvalue weighted by atomic mass is 9.80. The van der Waals surface area contributed by atoms with E-state index in [0.29, 0.717) is 12.1 Å². The minimum Gasteiger partial charge on any atom is -0.352 e. The van der Waals surface area contributed by atoms with Crippen molar-refractivity contribution in [3.63, 3.8) is 0 Å². The zero-order valence-corrected chi connectivity index (χ0v) is 11.8. The van der Waals surface area contributed by atoms with Crippen LogP contribution in [-0.4, -0.2) is 37.1 Å². The van der Waals surface area contributed by atoms with Gasteiger partial charge in [-0.1, -0.05) is 13.8 Å².